The first-order chi connectivity index (χ1) is 8.77. The Labute approximate surface area is 113 Å². The summed E-state index contributed by atoms with van der Waals surface area (Å²) in [7, 11) is -8.29. The van der Waals surface area contributed by atoms with Gasteiger partial charge in [0.15, 0.2) is 0 Å². The molecule has 7 heteroatoms. The third-order valence-corrected chi connectivity index (χ3v) is 11.5. The van der Waals surface area contributed by atoms with Gasteiger partial charge in [-0.05, 0) is 0 Å². The maximum absolute atomic E-state index is 11.8. The summed E-state index contributed by atoms with van der Waals surface area (Å²) in [5.74, 6) is 0.923. The van der Waals surface area contributed by atoms with Crippen molar-refractivity contribution < 1.29 is 22.4 Å². The van der Waals surface area contributed by atoms with E-state index in [2.05, 4.69) is 31.0 Å². The van der Waals surface area contributed by atoms with Crippen LogP contribution in [0.5, 0.6) is 0 Å². The van der Waals surface area contributed by atoms with Crippen LogP contribution in [0.4, 0.5) is 0 Å². The van der Waals surface area contributed by atoms with Gasteiger partial charge in [-0.3, -0.25) is 4.89 Å². The summed E-state index contributed by atoms with van der Waals surface area (Å²) >= 11 is 0. The maximum Gasteiger partial charge on any atom is 0.517 e. The molecule has 1 aliphatic heterocycles. The van der Waals surface area contributed by atoms with Gasteiger partial charge in [0.1, 0.15) is 0 Å². The lowest BCUT2D eigenvalue weighted by Crippen LogP contribution is -2.46. The highest BCUT2D eigenvalue weighted by atomic mass is 32.4. The molecule has 1 fully saturated rings. The van der Waals surface area contributed by atoms with Crippen molar-refractivity contribution in [2.45, 2.75) is 0 Å². The van der Waals surface area contributed by atoms with Crippen molar-refractivity contribution in [1.82, 2.24) is 0 Å². The van der Waals surface area contributed by atoms with E-state index in [-0.39, 0.29) is 23.0 Å². The summed E-state index contributed by atoms with van der Waals surface area (Å²) < 4.78 is 27.5. The molecule has 1 rings (SSSR count). The van der Waals surface area contributed by atoms with Gasteiger partial charge < -0.3 is 0 Å². The molecule has 1 aliphatic rings. The van der Waals surface area contributed by atoms with E-state index in [1.54, 1.807) is 24.3 Å². The predicted octanol–water partition coefficient (Wildman–Crippen LogP) is 3.52. The van der Waals surface area contributed by atoms with Gasteiger partial charge in [-0.15, -0.1) is 35.3 Å². The smallest absolute Gasteiger partial charge is 0.300 e. The molecule has 1 atom stereocenters. The Kier molecular flexibility index (Phi) is 4.10. The molecule has 0 amide bonds. The third kappa shape index (κ3) is 2.52. The monoisotopic (exact) mass is 308 g/mol. The van der Waals surface area contributed by atoms with Crippen molar-refractivity contribution >= 4 is 16.7 Å². The summed E-state index contributed by atoms with van der Waals surface area (Å²) in [5.41, 5.74) is 0. The third-order valence-electron chi connectivity index (χ3n) is 3.11. The summed E-state index contributed by atoms with van der Waals surface area (Å²) in [4.78, 5) is 9.65. The number of rotatable bonds is 8. The van der Waals surface area contributed by atoms with E-state index in [1.807, 2.05) is 0 Å². The van der Waals surface area contributed by atoms with Crippen molar-refractivity contribution in [2.75, 3.05) is 23.0 Å². The van der Waals surface area contributed by atoms with Gasteiger partial charge in [0, 0.05) is 23.0 Å². The average molecular weight is 308 g/mol. The Morgan fingerprint density at radius 3 is 1.53 bits per heavy atom. The zero-order chi connectivity index (χ0) is 14.7. The van der Waals surface area contributed by atoms with Crippen LogP contribution < -0.4 is 0 Å². The minimum Gasteiger partial charge on any atom is -0.300 e. The van der Waals surface area contributed by atoms with E-state index in [1.165, 1.54) is 0 Å². The molecule has 0 bridgehead atoms. The fourth-order valence-electron chi connectivity index (χ4n) is 2.49. The molecule has 0 saturated carbocycles. The first-order valence-electron chi connectivity index (χ1n) is 5.67. The molecule has 19 heavy (non-hydrogen) atoms. The minimum absolute atomic E-state index is 0.231. The van der Waals surface area contributed by atoms with Crippen LogP contribution in [0.15, 0.2) is 50.6 Å². The van der Waals surface area contributed by atoms with Gasteiger partial charge in [-0.1, -0.05) is 24.3 Å². The van der Waals surface area contributed by atoms with Gasteiger partial charge in [-0.25, -0.2) is 17.4 Å². The Morgan fingerprint density at radius 1 is 0.947 bits per heavy atom. The molecular formula is C12H21O5PS. The molecule has 0 aromatic heterocycles. The van der Waals surface area contributed by atoms with Crippen LogP contribution in [0, 0.1) is 0 Å². The van der Waals surface area contributed by atoms with Gasteiger partial charge >= 0.3 is 7.82 Å². The Balaban J connectivity index is 3.62. The fraction of sp³-hybridized carbons (Fsp3) is 0.333. The Morgan fingerprint density at radius 2 is 1.32 bits per heavy atom. The predicted molar refractivity (Wildman–Crippen MR) is 80.9 cm³/mol. The standard InChI is InChI=1S/C12H21O5PS/c1-5-9-19(10-6-2,11-7-3,12-8-4)16-15-18(13,14)17-19/h5-8H,1-4,9-12H2,(H,13,14). The summed E-state index contributed by atoms with van der Waals surface area (Å²) in [5, 5.41) is 0. The fourth-order valence-corrected chi connectivity index (χ4v) is 11.0. The molecule has 1 saturated heterocycles. The lowest BCUT2D eigenvalue weighted by atomic mass is 10.7. The van der Waals surface area contributed by atoms with Crippen molar-refractivity contribution in [3.8, 4) is 0 Å². The molecule has 1 unspecified atom stereocenters. The maximum atomic E-state index is 11.8. The van der Waals surface area contributed by atoms with Gasteiger partial charge in [-0.2, -0.15) is 0 Å². The zero-order valence-corrected chi connectivity index (χ0v) is 12.6. The molecular weight excluding hydrogens is 287 g/mol. The van der Waals surface area contributed by atoms with Crippen LogP contribution in [0.2, 0.25) is 0 Å². The largest absolute Gasteiger partial charge is 0.517 e. The summed E-state index contributed by atoms with van der Waals surface area (Å²) in [6.07, 6.45) is 6.36. The number of hydrogen-bond acceptors (Lipinski definition) is 4. The molecule has 0 radical (unpaired) electrons. The van der Waals surface area contributed by atoms with Crippen LogP contribution in [-0.4, -0.2) is 27.9 Å². The molecule has 0 spiro atoms. The van der Waals surface area contributed by atoms with E-state index in [9.17, 15) is 9.46 Å². The lowest BCUT2D eigenvalue weighted by Gasteiger charge is -2.77. The van der Waals surface area contributed by atoms with Gasteiger partial charge in [0.05, 0.1) is 0 Å². The average Bonchev–Trinajstić information content (AvgIpc) is 2.51. The van der Waals surface area contributed by atoms with Crippen molar-refractivity contribution in [1.29, 1.82) is 0 Å². The summed E-state index contributed by atoms with van der Waals surface area (Å²) in [6.45, 7) is 14.8. The second-order valence-electron chi connectivity index (χ2n) is 4.74. The van der Waals surface area contributed by atoms with E-state index in [0.29, 0.717) is 0 Å². The second-order valence-corrected chi connectivity index (χ2v) is 12.4. The SMILES string of the molecule is C=CCS1(CC=C)(CC=C)(CC=C)OOP(=O)(O)O1. The Bertz CT molecular complexity index is 429. The lowest BCUT2D eigenvalue weighted by molar-refractivity contribution is -0.0917. The van der Waals surface area contributed by atoms with Crippen molar-refractivity contribution in [3.63, 3.8) is 0 Å². The number of phosphoric acid groups is 1. The van der Waals surface area contributed by atoms with E-state index in [0.717, 1.165) is 0 Å². The molecule has 110 valence electrons. The normalized spacial score (nSPS) is 33.9. The van der Waals surface area contributed by atoms with Crippen LogP contribution in [0.3, 0.4) is 0 Å². The molecule has 5 nitrogen and oxygen atoms in total. The molecule has 1 heterocycles. The quantitative estimate of drug-likeness (QED) is 0.422. The second kappa shape index (κ2) is 4.74. The highest BCUT2D eigenvalue weighted by molar-refractivity contribution is 8.59. The van der Waals surface area contributed by atoms with Gasteiger partial charge in [0.25, 0.3) is 0 Å². The summed E-state index contributed by atoms with van der Waals surface area (Å²) in [6, 6.07) is 0. The first kappa shape index (κ1) is 16.4. The molecule has 0 aromatic rings. The first-order valence-corrected chi connectivity index (χ1v) is 10.1. The molecule has 0 aromatic carbocycles. The Hall–Kier alpha value is -0.620. The zero-order valence-electron chi connectivity index (χ0n) is 10.9. The minimum atomic E-state index is -4.28. The molecule has 1 N–H and O–H groups in total. The van der Waals surface area contributed by atoms with Crippen molar-refractivity contribution in [3.05, 3.63) is 50.6 Å². The van der Waals surface area contributed by atoms with E-state index < -0.39 is 16.7 Å². The van der Waals surface area contributed by atoms with Crippen LogP contribution in [0.1, 0.15) is 0 Å². The van der Waals surface area contributed by atoms with Gasteiger partial charge in [0.2, 0.25) is 0 Å². The van der Waals surface area contributed by atoms with Crippen molar-refractivity contribution in [2.24, 2.45) is 0 Å². The van der Waals surface area contributed by atoms with E-state index >= 15 is 0 Å². The number of hydrogen-bond donors (Lipinski definition) is 1. The highest BCUT2D eigenvalue weighted by Crippen LogP contribution is 2.99. The highest BCUT2D eigenvalue weighted by Gasteiger charge is 2.65. The van der Waals surface area contributed by atoms with Crippen LogP contribution >= 0.6 is 16.7 Å². The topological polar surface area (TPSA) is 65.0 Å². The van der Waals surface area contributed by atoms with Crippen LogP contribution in [-0.2, 0) is 17.5 Å². The van der Waals surface area contributed by atoms with Crippen LogP contribution in [0.25, 0.3) is 0 Å². The van der Waals surface area contributed by atoms with E-state index in [4.69, 9.17) is 8.30 Å². The molecule has 0 aliphatic carbocycles.